The average molecular weight is 295 g/mol. The van der Waals surface area contributed by atoms with E-state index >= 15 is 0 Å². The monoisotopic (exact) mass is 294 g/mol. The quantitative estimate of drug-likeness (QED) is 0.904. The maximum atomic E-state index is 10.9. The molecule has 0 spiro atoms. The van der Waals surface area contributed by atoms with E-state index in [9.17, 15) is 4.79 Å². The van der Waals surface area contributed by atoms with Crippen LogP contribution in [0.1, 0.15) is 35.8 Å². The average Bonchev–Trinajstić information content (AvgIpc) is 2.87. The lowest BCUT2D eigenvalue weighted by atomic mass is 9.98. The van der Waals surface area contributed by atoms with Gasteiger partial charge >= 0.3 is 5.97 Å². The lowest BCUT2D eigenvalue weighted by Gasteiger charge is -2.14. The molecule has 20 heavy (non-hydrogen) atoms. The minimum absolute atomic E-state index is 0.0398. The molecule has 6 heteroatoms. The Morgan fingerprint density at radius 1 is 1.40 bits per heavy atom. The second kappa shape index (κ2) is 5.54. The topological polar surface area (TPSA) is 75.2 Å². The number of aromatic amines is 1. The largest absolute Gasteiger partial charge is 0.495 e. The molecular weight excluding hydrogens is 280 g/mol. The molecule has 1 aromatic carbocycles. The number of hydrogen-bond acceptors (Lipinski definition) is 3. The molecule has 2 rings (SSSR count). The summed E-state index contributed by atoms with van der Waals surface area (Å²) in [5, 5.41) is 15.9. The van der Waals surface area contributed by atoms with Crippen molar-refractivity contribution in [2.24, 2.45) is 0 Å². The number of benzene rings is 1. The summed E-state index contributed by atoms with van der Waals surface area (Å²) in [6, 6.07) is 5.11. The van der Waals surface area contributed by atoms with Crippen molar-refractivity contribution in [1.82, 2.24) is 10.2 Å². The third kappa shape index (κ3) is 2.63. The van der Waals surface area contributed by atoms with Crippen molar-refractivity contribution in [1.29, 1.82) is 0 Å². The molecule has 106 valence electrons. The summed E-state index contributed by atoms with van der Waals surface area (Å²) >= 11 is 6.22. The van der Waals surface area contributed by atoms with Gasteiger partial charge in [-0.25, -0.2) is 4.79 Å². The van der Waals surface area contributed by atoms with Crippen molar-refractivity contribution in [3.63, 3.8) is 0 Å². The molecule has 0 fully saturated rings. The van der Waals surface area contributed by atoms with Gasteiger partial charge in [0.15, 0.2) is 0 Å². The fraction of sp³-hybridized carbons (Fsp3) is 0.286. The maximum absolute atomic E-state index is 10.9. The highest BCUT2D eigenvalue weighted by Crippen LogP contribution is 2.37. The fourth-order valence-corrected chi connectivity index (χ4v) is 2.29. The molecular formula is C14H15ClN2O3. The standard InChI is InChI=1S/C14H15ClN2O3/c1-7(2)9-4-8(5-10(15)13(9)20-3)11-6-12(14(18)19)17-16-11/h4-7H,1-3H3,(H,16,17)(H,18,19). The van der Waals surface area contributed by atoms with Gasteiger partial charge < -0.3 is 9.84 Å². The first-order valence-electron chi connectivity index (χ1n) is 6.10. The first-order valence-corrected chi connectivity index (χ1v) is 6.48. The molecule has 0 amide bonds. The van der Waals surface area contributed by atoms with Gasteiger partial charge in [0.1, 0.15) is 11.4 Å². The Balaban J connectivity index is 2.54. The van der Waals surface area contributed by atoms with Crippen molar-refractivity contribution in [2.45, 2.75) is 19.8 Å². The Morgan fingerprint density at radius 2 is 2.10 bits per heavy atom. The molecule has 0 aliphatic rings. The third-order valence-electron chi connectivity index (χ3n) is 3.00. The number of methoxy groups -OCH3 is 1. The fourth-order valence-electron chi connectivity index (χ4n) is 1.99. The number of nitrogens with one attached hydrogen (secondary N) is 1. The molecule has 0 saturated heterocycles. The summed E-state index contributed by atoms with van der Waals surface area (Å²) in [4.78, 5) is 10.9. The third-order valence-corrected chi connectivity index (χ3v) is 3.28. The Morgan fingerprint density at radius 3 is 2.60 bits per heavy atom. The highest BCUT2D eigenvalue weighted by atomic mass is 35.5. The van der Waals surface area contributed by atoms with Gasteiger partial charge in [0.05, 0.1) is 17.8 Å². The summed E-state index contributed by atoms with van der Waals surface area (Å²) in [5.41, 5.74) is 2.28. The van der Waals surface area contributed by atoms with Crippen molar-refractivity contribution in [3.8, 4) is 17.0 Å². The molecule has 2 aromatic rings. The van der Waals surface area contributed by atoms with Crippen LogP contribution in [-0.2, 0) is 0 Å². The van der Waals surface area contributed by atoms with Crippen LogP contribution in [0.2, 0.25) is 5.02 Å². The number of rotatable bonds is 4. The van der Waals surface area contributed by atoms with Crippen molar-refractivity contribution in [3.05, 3.63) is 34.5 Å². The van der Waals surface area contributed by atoms with Crippen molar-refractivity contribution in [2.75, 3.05) is 7.11 Å². The molecule has 0 bridgehead atoms. The Bertz CT molecular complexity index is 650. The van der Waals surface area contributed by atoms with Crippen molar-refractivity contribution >= 4 is 17.6 Å². The van der Waals surface area contributed by atoms with Crippen LogP contribution in [0.5, 0.6) is 5.75 Å². The van der Waals surface area contributed by atoms with Gasteiger partial charge in [-0.15, -0.1) is 0 Å². The van der Waals surface area contributed by atoms with Gasteiger partial charge in [0.2, 0.25) is 0 Å². The smallest absolute Gasteiger partial charge is 0.353 e. The Labute approximate surface area is 121 Å². The number of carboxylic acid groups (broad SMARTS) is 1. The van der Waals surface area contributed by atoms with E-state index in [0.717, 1.165) is 11.1 Å². The maximum Gasteiger partial charge on any atom is 0.353 e. The SMILES string of the molecule is COc1c(Cl)cc(-c2cc(C(=O)O)[nH]n2)cc1C(C)C. The van der Waals surface area contributed by atoms with Crippen LogP contribution in [0.25, 0.3) is 11.3 Å². The van der Waals surface area contributed by atoms with Crippen LogP contribution >= 0.6 is 11.6 Å². The Hall–Kier alpha value is -2.01. The zero-order valence-electron chi connectivity index (χ0n) is 11.4. The molecule has 0 unspecified atom stereocenters. The van der Waals surface area contributed by atoms with Crippen LogP contribution in [0.4, 0.5) is 0 Å². The van der Waals surface area contributed by atoms with Gasteiger partial charge in [0, 0.05) is 5.56 Å². The van der Waals surface area contributed by atoms with Crippen LogP contribution in [-0.4, -0.2) is 28.4 Å². The zero-order chi connectivity index (χ0) is 14.9. The second-order valence-electron chi connectivity index (χ2n) is 4.71. The minimum atomic E-state index is -1.05. The van der Waals surface area contributed by atoms with Crippen LogP contribution in [0, 0.1) is 0 Å². The second-order valence-corrected chi connectivity index (χ2v) is 5.11. The lowest BCUT2D eigenvalue weighted by molar-refractivity contribution is 0.0690. The molecule has 0 radical (unpaired) electrons. The van der Waals surface area contributed by atoms with Gasteiger partial charge in [-0.05, 0) is 29.7 Å². The molecule has 0 saturated carbocycles. The van der Waals surface area contributed by atoms with Crippen LogP contribution in [0.15, 0.2) is 18.2 Å². The summed E-state index contributed by atoms with van der Waals surface area (Å²) in [6.07, 6.45) is 0. The van der Waals surface area contributed by atoms with E-state index in [4.69, 9.17) is 21.4 Å². The minimum Gasteiger partial charge on any atom is -0.495 e. The summed E-state index contributed by atoms with van der Waals surface area (Å²) < 4.78 is 5.32. The number of H-pyrrole nitrogens is 1. The normalized spacial score (nSPS) is 10.8. The predicted molar refractivity (Wildman–Crippen MR) is 76.6 cm³/mol. The number of aromatic nitrogens is 2. The number of halogens is 1. The van der Waals surface area contributed by atoms with E-state index in [-0.39, 0.29) is 11.6 Å². The molecule has 2 N–H and O–H groups in total. The van der Waals surface area contributed by atoms with Crippen LogP contribution in [0.3, 0.4) is 0 Å². The summed E-state index contributed by atoms with van der Waals surface area (Å²) in [7, 11) is 1.57. The number of nitrogens with zero attached hydrogens (tertiary/aromatic N) is 1. The predicted octanol–water partition coefficient (Wildman–Crippen LogP) is 3.56. The van der Waals surface area contributed by atoms with E-state index in [0.29, 0.717) is 16.5 Å². The van der Waals surface area contributed by atoms with E-state index in [2.05, 4.69) is 10.2 Å². The van der Waals surface area contributed by atoms with E-state index in [1.165, 1.54) is 6.07 Å². The van der Waals surface area contributed by atoms with Gasteiger partial charge in [0.25, 0.3) is 0 Å². The summed E-state index contributed by atoms with van der Waals surface area (Å²) in [6.45, 7) is 4.07. The summed E-state index contributed by atoms with van der Waals surface area (Å²) in [5.74, 6) is -0.188. The molecule has 1 aromatic heterocycles. The van der Waals surface area contributed by atoms with Gasteiger partial charge in [-0.2, -0.15) is 5.10 Å². The van der Waals surface area contributed by atoms with Crippen molar-refractivity contribution < 1.29 is 14.6 Å². The van der Waals surface area contributed by atoms with Crippen LogP contribution < -0.4 is 4.74 Å². The number of ether oxygens (including phenoxy) is 1. The Kier molecular flexibility index (Phi) is 3.99. The number of aromatic carboxylic acids is 1. The molecule has 0 aliphatic heterocycles. The number of hydrogen-bond donors (Lipinski definition) is 2. The molecule has 0 atom stereocenters. The van der Waals surface area contributed by atoms with Gasteiger partial charge in [-0.3, -0.25) is 5.10 Å². The van der Waals surface area contributed by atoms with E-state index in [1.807, 2.05) is 19.9 Å². The molecule has 0 aliphatic carbocycles. The molecule has 1 heterocycles. The number of carboxylic acids is 1. The number of carbonyl (C=O) groups is 1. The lowest BCUT2D eigenvalue weighted by Crippen LogP contribution is -1.96. The van der Waals surface area contributed by atoms with E-state index < -0.39 is 5.97 Å². The first-order chi connectivity index (χ1) is 9.43. The molecule has 5 nitrogen and oxygen atoms in total. The van der Waals surface area contributed by atoms with E-state index in [1.54, 1.807) is 13.2 Å². The first kappa shape index (κ1) is 14.4. The highest BCUT2D eigenvalue weighted by molar-refractivity contribution is 6.32. The zero-order valence-corrected chi connectivity index (χ0v) is 12.2. The highest BCUT2D eigenvalue weighted by Gasteiger charge is 2.16. The van der Waals surface area contributed by atoms with Gasteiger partial charge in [-0.1, -0.05) is 25.4 Å².